The fourth-order valence-corrected chi connectivity index (χ4v) is 1.36. The molecule has 0 aliphatic heterocycles. The highest BCUT2D eigenvalue weighted by molar-refractivity contribution is 5.93. The second-order valence-electron chi connectivity index (χ2n) is 3.64. The normalized spacial score (nSPS) is 9.83. The first-order chi connectivity index (χ1) is 8.63. The zero-order chi connectivity index (χ0) is 13.4. The van der Waals surface area contributed by atoms with Gasteiger partial charge in [0.2, 0.25) is 6.20 Å². The SMILES string of the molecule is CCOC(=O)CCCNC(=O)c1c[nH+]cc(O)c1. The molecule has 0 atom stereocenters. The molecule has 0 aliphatic rings. The van der Waals surface area contributed by atoms with Crippen molar-refractivity contribution >= 4 is 11.9 Å². The van der Waals surface area contributed by atoms with E-state index in [4.69, 9.17) is 4.74 Å². The van der Waals surface area contributed by atoms with Crippen LogP contribution < -0.4 is 10.3 Å². The van der Waals surface area contributed by atoms with Gasteiger partial charge in [0.25, 0.3) is 5.91 Å². The summed E-state index contributed by atoms with van der Waals surface area (Å²) >= 11 is 0. The predicted octanol–water partition coefficient (Wildman–Crippen LogP) is 0.279. The van der Waals surface area contributed by atoms with Crippen molar-refractivity contribution in [1.82, 2.24) is 5.32 Å². The van der Waals surface area contributed by atoms with Crippen LogP contribution >= 0.6 is 0 Å². The van der Waals surface area contributed by atoms with Gasteiger partial charge in [0.15, 0.2) is 11.9 Å². The van der Waals surface area contributed by atoms with E-state index in [0.717, 1.165) is 0 Å². The third-order valence-electron chi connectivity index (χ3n) is 2.18. The summed E-state index contributed by atoms with van der Waals surface area (Å²) in [6.07, 6.45) is 3.66. The van der Waals surface area contributed by atoms with E-state index >= 15 is 0 Å². The molecular weight excluding hydrogens is 236 g/mol. The number of aromatic amines is 1. The lowest BCUT2D eigenvalue weighted by Crippen LogP contribution is -2.26. The summed E-state index contributed by atoms with van der Waals surface area (Å²) in [4.78, 5) is 25.3. The lowest BCUT2D eigenvalue weighted by atomic mass is 10.2. The quantitative estimate of drug-likeness (QED) is 0.563. The fraction of sp³-hybridized carbons (Fsp3) is 0.417. The smallest absolute Gasteiger partial charge is 0.305 e. The number of carbonyl (C=O) groups is 2. The zero-order valence-electron chi connectivity index (χ0n) is 10.2. The molecule has 0 aliphatic carbocycles. The van der Waals surface area contributed by atoms with E-state index in [0.29, 0.717) is 25.1 Å². The van der Waals surface area contributed by atoms with E-state index in [9.17, 15) is 14.7 Å². The first-order valence-corrected chi connectivity index (χ1v) is 5.77. The minimum absolute atomic E-state index is 0.00539. The van der Waals surface area contributed by atoms with Crippen molar-refractivity contribution in [2.45, 2.75) is 19.8 Å². The van der Waals surface area contributed by atoms with Gasteiger partial charge < -0.3 is 15.2 Å². The van der Waals surface area contributed by atoms with Crippen molar-refractivity contribution in [2.24, 2.45) is 0 Å². The second kappa shape index (κ2) is 7.26. The maximum Gasteiger partial charge on any atom is 0.305 e. The zero-order valence-corrected chi connectivity index (χ0v) is 10.2. The maximum atomic E-state index is 11.6. The molecule has 1 amide bonds. The number of H-pyrrole nitrogens is 1. The Hall–Kier alpha value is -2.11. The van der Waals surface area contributed by atoms with Crippen LogP contribution in [0.25, 0.3) is 0 Å². The van der Waals surface area contributed by atoms with Gasteiger partial charge >= 0.3 is 5.97 Å². The molecule has 0 saturated heterocycles. The summed E-state index contributed by atoms with van der Waals surface area (Å²) in [7, 11) is 0. The molecule has 6 nitrogen and oxygen atoms in total. The van der Waals surface area contributed by atoms with Crippen molar-refractivity contribution in [2.75, 3.05) is 13.2 Å². The summed E-state index contributed by atoms with van der Waals surface area (Å²) in [5, 5.41) is 11.8. The highest BCUT2D eigenvalue weighted by Gasteiger charge is 2.09. The molecule has 0 spiro atoms. The van der Waals surface area contributed by atoms with Gasteiger partial charge in [-0.1, -0.05) is 0 Å². The molecule has 0 radical (unpaired) electrons. The molecule has 1 aromatic heterocycles. The third kappa shape index (κ3) is 4.82. The lowest BCUT2D eigenvalue weighted by molar-refractivity contribution is -0.379. The molecule has 0 saturated carbocycles. The molecular formula is C12H17N2O4+. The van der Waals surface area contributed by atoms with E-state index in [1.165, 1.54) is 18.5 Å². The van der Waals surface area contributed by atoms with Crippen LogP contribution in [0.2, 0.25) is 0 Å². The topological polar surface area (TPSA) is 89.8 Å². The third-order valence-corrected chi connectivity index (χ3v) is 2.18. The summed E-state index contributed by atoms with van der Waals surface area (Å²) in [6.45, 7) is 2.50. The number of amides is 1. The van der Waals surface area contributed by atoms with Crippen LogP contribution in [0.3, 0.4) is 0 Å². The van der Waals surface area contributed by atoms with Crippen molar-refractivity contribution in [1.29, 1.82) is 0 Å². The molecule has 98 valence electrons. The van der Waals surface area contributed by atoms with Crippen LogP contribution in [-0.2, 0) is 9.53 Å². The number of nitrogens with one attached hydrogen (secondary N) is 2. The van der Waals surface area contributed by atoms with Gasteiger partial charge in [-0.15, -0.1) is 0 Å². The van der Waals surface area contributed by atoms with E-state index < -0.39 is 0 Å². The number of esters is 1. The van der Waals surface area contributed by atoms with Crippen molar-refractivity contribution in [3.05, 3.63) is 24.0 Å². The Morgan fingerprint density at radius 2 is 2.22 bits per heavy atom. The first kappa shape index (κ1) is 14.0. The Morgan fingerprint density at radius 3 is 2.89 bits per heavy atom. The Kier molecular flexibility index (Phi) is 5.63. The number of aromatic hydroxyl groups is 1. The van der Waals surface area contributed by atoms with E-state index in [1.54, 1.807) is 6.92 Å². The highest BCUT2D eigenvalue weighted by atomic mass is 16.5. The van der Waals surface area contributed by atoms with Gasteiger partial charge in [-0.05, 0) is 13.3 Å². The Morgan fingerprint density at radius 1 is 1.44 bits per heavy atom. The highest BCUT2D eigenvalue weighted by Crippen LogP contribution is 2.05. The minimum atomic E-state index is -0.300. The van der Waals surface area contributed by atoms with Gasteiger partial charge in [-0.2, -0.15) is 0 Å². The van der Waals surface area contributed by atoms with Gasteiger partial charge in [-0.25, -0.2) is 4.98 Å². The van der Waals surface area contributed by atoms with Crippen LogP contribution in [0.1, 0.15) is 30.1 Å². The fourth-order valence-electron chi connectivity index (χ4n) is 1.36. The van der Waals surface area contributed by atoms with Crippen LogP contribution in [-0.4, -0.2) is 30.1 Å². The van der Waals surface area contributed by atoms with E-state index in [1.807, 2.05) is 0 Å². The molecule has 1 aromatic rings. The Labute approximate surface area is 105 Å². The first-order valence-electron chi connectivity index (χ1n) is 5.77. The van der Waals surface area contributed by atoms with Gasteiger partial charge in [-0.3, -0.25) is 9.59 Å². The predicted molar refractivity (Wildman–Crippen MR) is 62.9 cm³/mol. The molecule has 18 heavy (non-hydrogen) atoms. The minimum Gasteiger partial charge on any atom is -0.503 e. The van der Waals surface area contributed by atoms with Gasteiger partial charge in [0.1, 0.15) is 5.56 Å². The van der Waals surface area contributed by atoms with Crippen LogP contribution in [0.5, 0.6) is 5.75 Å². The van der Waals surface area contributed by atoms with Gasteiger partial charge in [0, 0.05) is 19.0 Å². The Bertz CT molecular complexity index is 420. The van der Waals surface area contributed by atoms with Crippen molar-refractivity contribution in [3.8, 4) is 5.75 Å². The summed E-state index contributed by atoms with van der Waals surface area (Å²) < 4.78 is 4.76. The van der Waals surface area contributed by atoms with Crippen LogP contribution in [0.15, 0.2) is 18.5 Å². The molecule has 0 fully saturated rings. The summed E-state index contributed by atoms with van der Waals surface area (Å²) in [5.41, 5.74) is 0.339. The van der Waals surface area contributed by atoms with Crippen molar-refractivity contribution in [3.63, 3.8) is 0 Å². The number of aromatic nitrogens is 1. The maximum absolute atomic E-state index is 11.6. The number of pyridine rings is 1. The molecule has 0 unspecified atom stereocenters. The molecule has 6 heteroatoms. The van der Waals surface area contributed by atoms with E-state index in [-0.39, 0.29) is 24.0 Å². The Balaban J connectivity index is 2.27. The number of carbonyl (C=O) groups excluding carboxylic acids is 2. The number of hydrogen-bond donors (Lipinski definition) is 2. The lowest BCUT2D eigenvalue weighted by Gasteiger charge is -2.04. The van der Waals surface area contributed by atoms with Crippen LogP contribution in [0.4, 0.5) is 0 Å². The standard InChI is InChI=1S/C12H16N2O4/c1-2-18-11(16)4-3-5-14-12(17)9-6-10(15)8-13-7-9/h6-8,15H,2-5H2,1H3,(H,14,17)/p+1. The number of rotatable bonds is 6. The summed E-state index contributed by atoms with van der Waals surface area (Å²) in [5.74, 6) is -0.572. The second-order valence-corrected chi connectivity index (χ2v) is 3.64. The molecule has 1 rings (SSSR count). The summed E-state index contributed by atoms with van der Waals surface area (Å²) in [6, 6.07) is 1.36. The molecule has 3 N–H and O–H groups in total. The van der Waals surface area contributed by atoms with Crippen LogP contribution in [0, 0.1) is 0 Å². The number of ether oxygens (including phenoxy) is 1. The molecule has 1 heterocycles. The number of hydrogen-bond acceptors (Lipinski definition) is 4. The molecule has 0 aromatic carbocycles. The van der Waals surface area contributed by atoms with Crippen molar-refractivity contribution < 1.29 is 24.4 Å². The van der Waals surface area contributed by atoms with E-state index in [2.05, 4.69) is 10.3 Å². The average molecular weight is 253 g/mol. The van der Waals surface area contributed by atoms with Gasteiger partial charge in [0.05, 0.1) is 6.61 Å². The average Bonchev–Trinajstić information content (AvgIpc) is 2.35. The molecule has 0 bridgehead atoms. The monoisotopic (exact) mass is 253 g/mol. The largest absolute Gasteiger partial charge is 0.503 e.